The summed E-state index contributed by atoms with van der Waals surface area (Å²) in [5.74, 6) is -0.342. The summed E-state index contributed by atoms with van der Waals surface area (Å²) in [6, 6.07) is 16.9. The Hall–Kier alpha value is -3.22. The van der Waals surface area contributed by atoms with Crippen LogP contribution in [0.2, 0.25) is 5.02 Å². The predicted octanol–water partition coefficient (Wildman–Crippen LogP) is 3.70. The number of anilines is 2. The molecule has 136 valence electrons. The molecule has 6 nitrogen and oxygen atoms in total. The molecule has 1 heterocycles. The van der Waals surface area contributed by atoms with Crippen molar-refractivity contribution in [3.05, 3.63) is 88.6 Å². The third-order valence-electron chi connectivity index (χ3n) is 3.84. The summed E-state index contributed by atoms with van der Waals surface area (Å²) in [4.78, 5) is 29.1. The summed E-state index contributed by atoms with van der Waals surface area (Å²) < 4.78 is 0. The Bertz CT molecular complexity index is 956. The maximum Gasteiger partial charge on any atom is 0.258 e. The number of halogens is 1. The van der Waals surface area contributed by atoms with Crippen LogP contribution in [0.1, 0.15) is 26.3 Å². The van der Waals surface area contributed by atoms with E-state index in [0.29, 0.717) is 34.2 Å². The lowest BCUT2D eigenvalue weighted by Gasteiger charge is -2.11. The molecule has 0 saturated heterocycles. The number of benzene rings is 2. The molecule has 1 aromatic heterocycles. The molecule has 0 radical (unpaired) electrons. The zero-order valence-electron chi connectivity index (χ0n) is 14.3. The number of carbonyl (C=O) groups excluding carboxylic acids is 2. The number of nitrogens with two attached hydrogens (primary N) is 1. The number of pyridine rings is 1. The molecule has 0 aliphatic heterocycles. The summed E-state index contributed by atoms with van der Waals surface area (Å²) in [6.45, 7) is 0.406. The molecule has 0 aliphatic rings. The van der Waals surface area contributed by atoms with Gasteiger partial charge in [-0.25, -0.2) is 4.98 Å². The van der Waals surface area contributed by atoms with Crippen LogP contribution in [0.15, 0.2) is 66.9 Å². The van der Waals surface area contributed by atoms with Gasteiger partial charge in [0.25, 0.3) is 11.8 Å². The Balaban J connectivity index is 1.77. The zero-order valence-corrected chi connectivity index (χ0v) is 15.0. The van der Waals surface area contributed by atoms with E-state index >= 15 is 0 Å². The molecule has 2 amide bonds. The highest BCUT2D eigenvalue weighted by atomic mass is 35.5. The molecular weight excluding hydrogens is 364 g/mol. The smallest absolute Gasteiger partial charge is 0.258 e. The van der Waals surface area contributed by atoms with E-state index in [4.69, 9.17) is 17.3 Å². The summed E-state index contributed by atoms with van der Waals surface area (Å²) in [7, 11) is 0. The monoisotopic (exact) mass is 380 g/mol. The summed E-state index contributed by atoms with van der Waals surface area (Å²) in [5.41, 5.74) is 7.69. The first-order valence-corrected chi connectivity index (χ1v) is 8.57. The van der Waals surface area contributed by atoms with Crippen LogP contribution in [0.4, 0.5) is 11.5 Å². The van der Waals surface area contributed by atoms with Crippen molar-refractivity contribution >= 4 is 34.9 Å². The number of nitrogens with zero attached hydrogens (tertiary/aromatic N) is 1. The first-order valence-electron chi connectivity index (χ1n) is 8.19. The van der Waals surface area contributed by atoms with E-state index in [0.717, 1.165) is 5.56 Å². The van der Waals surface area contributed by atoms with Gasteiger partial charge >= 0.3 is 0 Å². The number of hydrogen-bond acceptors (Lipinski definition) is 4. The molecule has 27 heavy (non-hydrogen) atoms. The Morgan fingerprint density at radius 1 is 0.926 bits per heavy atom. The van der Waals surface area contributed by atoms with Gasteiger partial charge in [0.05, 0.1) is 16.3 Å². The molecule has 4 N–H and O–H groups in total. The number of aromatic nitrogens is 1. The summed E-state index contributed by atoms with van der Waals surface area (Å²) in [6.07, 6.45) is 1.44. The number of amides is 2. The van der Waals surface area contributed by atoms with E-state index in [1.165, 1.54) is 6.20 Å². The minimum absolute atomic E-state index is 0.316. The number of rotatable bonds is 5. The fraction of sp³-hybridized carbons (Fsp3) is 0.0500. The molecule has 3 rings (SSSR count). The van der Waals surface area contributed by atoms with Crippen molar-refractivity contribution < 1.29 is 9.59 Å². The SMILES string of the molecule is NCc1ccc(C(=O)Nc2ccccc2C(=O)Nc2ccc(Cl)cn2)cc1. The quantitative estimate of drug-likeness (QED) is 0.628. The number of carbonyl (C=O) groups is 2. The molecule has 0 atom stereocenters. The molecule has 0 saturated carbocycles. The van der Waals surface area contributed by atoms with Crippen molar-refractivity contribution in [3.63, 3.8) is 0 Å². The lowest BCUT2D eigenvalue weighted by molar-refractivity contribution is 0.102. The highest BCUT2D eigenvalue weighted by molar-refractivity contribution is 6.30. The molecule has 0 bridgehead atoms. The lowest BCUT2D eigenvalue weighted by Crippen LogP contribution is -2.18. The minimum atomic E-state index is -0.390. The van der Waals surface area contributed by atoms with Gasteiger partial charge in [0.2, 0.25) is 0 Å². The standard InChI is InChI=1S/C20H17ClN4O2/c21-15-9-10-18(23-12-15)25-20(27)16-3-1-2-4-17(16)24-19(26)14-7-5-13(11-22)6-8-14/h1-10,12H,11,22H2,(H,24,26)(H,23,25,27). The van der Waals surface area contributed by atoms with Crippen LogP contribution in [0, 0.1) is 0 Å². The first-order chi connectivity index (χ1) is 13.1. The van der Waals surface area contributed by atoms with E-state index in [-0.39, 0.29) is 11.8 Å². The molecule has 3 aromatic rings. The molecule has 2 aromatic carbocycles. The van der Waals surface area contributed by atoms with Crippen LogP contribution in [0.3, 0.4) is 0 Å². The van der Waals surface area contributed by atoms with Gasteiger partial charge in [-0.1, -0.05) is 35.9 Å². The largest absolute Gasteiger partial charge is 0.326 e. The lowest BCUT2D eigenvalue weighted by atomic mass is 10.1. The minimum Gasteiger partial charge on any atom is -0.326 e. The Morgan fingerprint density at radius 2 is 1.67 bits per heavy atom. The average Bonchev–Trinajstić information content (AvgIpc) is 2.70. The van der Waals surface area contributed by atoms with Gasteiger partial charge in [0.15, 0.2) is 0 Å². The predicted molar refractivity (Wildman–Crippen MR) is 106 cm³/mol. The molecule has 0 spiro atoms. The van der Waals surface area contributed by atoms with Gasteiger partial charge < -0.3 is 16.4 Å². The summed E-state index contributed by atoms with van der Waals surface area (Å²) >= 11 is 5.80. The third kappa shape index (κ3) is 4.69. The topological polar surface area (TPSA) is 97.1 Å². The van der Waals surface area contributed by atoms with Crippen LogP contribution in [0.5, 0.6) is 0 Å². The molecule has 0 aliphatic carbocycles. The van der Waals surface area contributed by atoms with Crippen LogP contribution in [0.25, 0.3) is 0 Å². The number of para-hydroxylation sites is 1. The van der Waals surface area contributed by atoms with Crippen molar-refractivity contribution in [2.24, 2.45) is 5.73 Å². The molecule has 7 heteroatoms. The average molecular weight is 381 g/mol. The first kappa shape index (κ1) is 18.6. The van der Waals surface area contributed by atoms with Gasteiger partial charge in [-0.15, -0.1) is 0 Å². The van der Waals surface area contributed by atoms with E-state index in [1.54, 1.807) is 60.7 Å². The van der Waals surface area contributed by atoms with Gasteiger partial charge in [0, 0.05) is 18.3 Å². The molecule has 0 fully saturated rings. The Kier molecular flexibility index (Phi) is 5.80. The maximum absolute atomic E-state index is 12.6. The van der Waals surface area contributed by atoms with Crippen molar-refractivity contribution in [1.29, 1.82) is 0 Å². The Labute approximate surface area is 161 Å². The van der Waals surface area contributed by atoms with Crippen molar-refractivity contribution in [1.82, 2.24) is 4.98 Å². The normalized spacial score (nSPS) is 10.3. The fourth-order valence-electron chi connectivity index (χ4n) is 2.41. The van der Waals surface area contributed by atoms with Crippen molar-refractivity contribution in [2.75, 3.05) is 10.6 Å². The van der Waals surface area contributed by atoms with E-state index in [1.807, 2.05) is 0 Å². The number of nitrogens with one attached hydrogen (secondary N) is 2. The summed E-state index contributed by atoms with van der Waals surface area (Å²) in [5, 5.41) is 5.92. The van der Waals surface area contributed by atoms with Crippen molar-refractivity contribution in [2.45, 2.75) is 6.54 Å². The highest BCUT2D eigenvalue weighted by Gasteiger charge is 2.14. The third-order valence-corrected chi connectivity index (χ3v) is 4.06. The molecular formula is C20H17ClN4O2. The second-order valence-corrected chi connectivity index (χ2v) is 6.15. The maximum atomic E-state index is 12.6. The van der Waals surface area contributed by atoms with E-state index < -0.39 is 0 Å². The van der Waals surface area contributed by atoms with Gasteiger partial charge in [-0.05, 0) is 42.0 Å². The van der Waals surface area contributed by atoms with Crippen LogP contribution in [-0.2, 0) is 6.54 Å². The van der Waals surface area contributed by atoms with Gasteiger partial charge in [-0.3, -0.25) is 9.59 Å². The number of hydrogen-bond donors (Lipinski definition) is 3. The van der Waals surface area contributed by atoms with Crippen LogP contribution in [-0.4, -0.2) is 16.8 Å². The van der Waals surface area contributed by atoms with Crippen LogP contribution < -0.4 is 16.4 Å². The highest BCUT2D eigenvalue weighted by Crippen LogP contribution is 2.18. The fourth-order valence-corrected chi connectivity index (χ4v) is 2.52. The van der Waals surface area contributed by atoms with Gasteiger partial charge in [-0.2, -0.15) is 0 Å². The Morgan fingerprint density at radius 3 is 2.33 bits per heavy atom. The van der Waals surface area contributed by atoms with E-state index in [9.17, 15) is 9.59 Å². The van der Waals surface area contributed by atoms with E-state index in [2.05, 4.69) is 15.6 Å². The zero-order chi connectivity index (χ0) is 19.2. The van der Waals surface area contributed by atoms with Crippen LogP contribution >= 0.6 is 11.6 Å². The van der Waals surface area contributed by atoms with Gasteiger partial charge in [0.1, 0.15) is 5.82 Å². The van der Waals surface area contributed by atoms with Crippen molar-refractivity contribution in [3.8, 4) is 0 Å². The second-order valence-electron chi connectivity index (χ2n) is 5.72. The molecule has 0 unspecified atom stereocenters. The second kappa shape index (κ2) is 8.44.